The van der Waals surface area contributed by atoms with Gasteiger partial charge >= 0.3 is 0 Å². The molecule has 1 aliphatic rings. The molecule has 18 heavy (non-hydrogen) atoms. The van der Waals surface area contributed by atoms with Crippen LogP contribution in [0.2, 0.25) is 0 Å². The van der Waals surface area contributed by atoms with Crippen LogP contribution in [0.3, 0.4) is 0 Å². The predicted molar refractivity (Wildman–Crippen MR) is 80.0 cm³/mol. The Hall–Kier alpha value is -0.380. The third-order valence-corrected chi connectivity index (χ3v) is 5.31. The van der Waals surface area contributed by atoms with Crippen LogP contribution in [0.4, 0.5) is 0 Å². The van der Waals surface area contributed by atoms with Gasteiger partial charge in [-0.15, -0.1) is 11.3 Å². The van der Waals surface area contributed by atoms with Crippen LogP contribution >= 0.6 is 11.3 Å². The normalized spacial score (nSPS) is 19.0. The Morgan fingerprint density at radius 2 is 2.11 bits per heavy atom. The van der Waals surface area contributed by atoms with Crippen LogP contribution < -0.4 is 11.1 Å². The number of aryl methyl sites for hydroxylation is 1. The van der Waals surface area contributed by atoms with Crippen LogP contribution in [-0.4, -0.2) is 13.1 Å². The number of rotatable bonds is 6. The van der Waals surface area contributed by atoms with Gasteiger partial charge in [-0.05, 0) is 48.2 Å². The summed E-state index contributed by atoms with van der Waals surface area (Å²) in [5.74, 6) is 0. The van der Waals surface area contributed by atoms with E-state index in [4.69, 9.17) is 5.73 Å². The van der Waals surface area contributed by atoms with Gasteiger partial charge in [-0.25, -0.2) is 0 Å². The molecule has 0 bridgehead atoms. The van der Waals surface area contributed by atoms with Gasteiger partial charge in [0.1, 0.15) is 0 Å². The number of hydrogen-bond acceptors (Lipinski definition) is 3. The highest BCUT2D eigenvalue weighted by Gasteiger charge is 2.29. The second kappa shape index (κ2) is 6.69. The molecule has 3 heteroatoms. The third-order valence-electron chi connectivity index (χ3n) is 4.35. The minimum absolute atomic E-state index is 0.377. The maximum absolute atomic E-state index is 6.02. The van der Waals surface area contributed by atoms with Crippen molar-refractivity contribution in [1.29, 1.82) is 0 Å². The molecule has 0 saturated heterocycles. The van der Waals surface area contributed by atoms with E-state index in [2.05, 4.69) is 23.7 Å². The molecule has 0 unspecified atom stereocenters. The van der Waals surface area contributed by atoms with E-state index in [1.165, 1.54) is 42.5 Å². The van der Waals surface area contributed by atoms with Crippen molar-refractivity contribution in [1.82, 2.24) is 5.32 Å². The van der Waals surface area contributed by atoms with E-state index in [0.717, 1.165) is 26.1 Å². The van der Waals surface area contributed by atoms with Crippen molar-refractivity contribution in [3.05, 3.63) is 21.9 Å². The highest BCUT2D eigenvalue weighted by atomic mass is 32.1. The van der Waals surface area contributed by atoms with E-state index in [0.29, 0.717) is 5.41 Å². The fourth-order valence-electron chi connectivity index (χ4n) is 3.03. The number of thiophene rings is 1. The summed E-state index contributed by atoms with van der Waals surface area (Å²) in [6.07, 6.45) is 7.87. The smallest absolute Gasteiger partial charge is 0.0302 e. The average Bonchev–Trinajstić information content (AvgIpc) is 2.87. The Balaban J connectivity index is 1.83. The van der Waals surface area contributed by atoms with Crippen molar-refractivity contribution in [2.75, 3.05) is 13.1 Å². The van der Waals surface area contributed by atoms with Gasteiger partial charge in [0.15, 0.2) is 0 Å². The van der Waals surface area contributed by atoms with E-state index in [1.807, 2.05) is 11.3 Å². The van der Waals surface area contributed by atoms with Crippen molar-refractivity contribution < 1.29 is 0 Å². The van der Waals surface area contributed by atoms with Gasteiger partial charge in [-0.2, -0.15) is 0 Å². The summed E-state index contributed by atoms with van der Waals surface area (Å²) in [6, 6.07) is 2.25. The molecule has 0 aliphatic heterocycles. The van der Waals surface area contributed by atoms with Gasteiger partial charge in [0.2, 0.25) is 0 Å². The zero-order chi connectivity index (χ0) is 12.8. The van der Waals surface area contributed by atoms with Crippen molar-refractivity contribution in [2.45, 2.75) is 52.0 Å². The minimum atomic E-state index is 0.377. The molecule has 0 spiro atoms. The number of nitrogens with one attached hydrogen (secondary N) is 1. The quantitative estimate of drug-likeness (QED) is 0.829. The van der Waals surface area contributed by atoms with Crippen LogP contribution in [0, 0.1) is 5.41 Å². The van der Waals surface area contributed by atoms with Gasteiger partial charge < -0.3 is 11.1 Å². The number of hydrogen-bond donors (Lipinski definition) is 2. The maximum Gasteiger partial charge on any atom is 0.0302 e. The van der Waals surface area contributed by atoms with Gasteiger partial charge in [-0.1, -0.05) is 26.2 Å². The third kappa shape index (κ3) is 3.34. The van der Waals surface area contributed by atoms with E-state index in [1.54, 1.807) is 0 Å². The second-order valence-electron chi connectivity index (χ2n) is 5.59. The summed E-state index contributed by atoms with van der Waals surface area (Å²) in [5, 5.41) is 5.86. The number of nitrogens with two attached hydrogens (primary N) is 1. The first-order chi connectivity index (χ1) is 8.79. The van der Waals surface area contributed by atoms with Crippen LogP contribution in [0.5, 0.6) is 0 Å². The summed E-state index contributed by atoms with van der Waals surface area (Å²) in [5.41, 5.74) is 7.89. The van der Waals surface area contributed by atoms with Gasteiger partial charge in [0, 0.05) is 18.0 Å². The first-order valence-electron chi connectivity index (χ1n) is 7.26. The molecular formula is C15H26N2S. The summed E-state index contributed by atoms with van der Waals surface area (Å²) >= 11 is 1.87. The Kier molecular flexibility index (Phi) is 5.22. The molecular weight excluding hydrogens is 240 g/mol. The fourth-order valence-corrected chi connectivity index (χ4v) is 3.98. The molecule has 0 atom stereocenters. The predicted octanol–water partition coefficient (Wildman–Crippen LogP) is 3.31. The molecule has 1 aromatic rings. The monoisotopic (exact) mass is 266 g/mol. The fraction of sp³-hybridized carbons (Fsp3) is 0.733. The molecule has 0 amide bonds. The largest absolute Gasteiger partial charge is 0.330 e. The van der Waals surface area contributed by atoms with Crippen molar-refractivity contribution in [3.63, 3.8) is 0 Å². The van der Waals surface area contributed by atoms with Crippen molar-refractivity contribution in [3.8, 4) is 0 Å². The summed E-state index contributed by atoms with van der Waals surface area (Å²) in [6.45, 7) is 5.17. The lowest BCUT2D eigenvalue weighted by Crippen LogP contribution is -2.41. The van der Waals surface area contributed by atoms with Crippen molar-refractivity contribution >= 4 is 11.3 Å². The lowest BCUT2D eigenvalue weighted by molar-refractivity contribution is 0.191. The highest BCUT2D eigenvalue weighted by molar-refractivity contribution is 7.10. The first-order valence-corrected chi connectivity index (χ1v) is 8.14. The molecule has 0 radical (unpaired) electrons. The van der Waals surface area contributed by atoms with E-state index in [9.17, 15) is 0 Å². The maximum atomic E-state index is 6.02. The van der Waals surface area contributed by atoms with Gasteiger partial charge in [0.25, 0.3) is 0 Å². The zero-order valence-electron chi connectivity index (χ0n) is 11.5. The van der Waals surface area contributed by atoms with E-state index in [-0.39, 0.29) is 0 Å². The Bertz CT molecular complexity index is 353. The van der Waals surface area contributed by atoms with Crippen LogP contribution in [0.15, 0.2) is 11.4 Å². The van der Waals surface area contributed by atoms with Crippen LogP contribution in [0.25, 0.3) is 0 Å². The zero-order valence-corrected chi connectivity index (χ0v) is 12.3. The molecule has 3 N–H and O–H groups in total. The molecule has 1 saturated carbocycles. The Morgan fingerprint density at radius 3 is 2.78 bits per heavy atom. The lowest BCUT2D eigenvalue weighted by Gasteiger charge is -2.36. The van der Waals surface area contributed by atoms with Crippen molar-refractivity contribution in [2.24, 2.45) is 11.1 Å². The molecule has 102 valence electrons. The van der Waals surface area contributed by atoms with Crippen LogP contribution in [0.1, 0.15) is 49.5 Å². The average molecular weight is 266 g/mol. The minimum Gasteiger partial charge on any atom is -0.330 e. The van der Waals surface area contributed by atoms with E-state index >= 15 is 0 Å². The second-order valence-corrected chi connectivity index (χ2v) is 6.59. The topological polar surface area (TPSA) is 38.0 Å². The molecule has 0 aromatic carbocycles. The first kappa shape index (κ1) is 14.0. The Labute approximate surface area is 115 Å². The molecule has 1 heterocycles. The summed E-state index contributed by atoms with van der Waals surface area (Å²) < 4.78 is 0. The van der Waals surface area contributed by atoms with E-state index < -0.39 is 0 Å². The Morgan fingerprint density at radius 1 is 1.33 bits per heavy atom. The summed E-state index contributed by atoms with van der Waals surface area (Å²) in [4.78, 5) is 1.50. The molecule has 2 nitrogen and oxygen atoms in total. The van der Waals surface area contributed by atoms with Gasteiger partial charge in [0.05, 0.1) is 0 Å². The molecule has 2 rings (SSSR count). The SMILES string of the molecule is CCc1ccsc1CNCC1(CN)CCCCC1. The lowest BCUT2D eigenvalue weighted by atomic mass is 9.74. The highest BCUT2D eigenvalue weighted by Crippen LogP contribution is 2.34. The molecule has 1 aliphatic carbocycles. The molecule has 1 fully saturated rings. The van der Waals surface area contributed by atoms with Gasteiger partial charge in [-0.3, -0.25) is 0 Å². The molecule has 1 aromatic heterocycles. The standard InChI is InChI=1S/C15H26N2S/c1-2-13-6-9-18-14(13)10-17-12-15(11-16)7-4-3-5-8-15/h6,9,17H,2-5,7-8,10-12,16H2,1H3. The van der Waals surface area contributed by atoms with Crippen LogP contribution in [-0.2, 0) is 13.0 Å². The summed E-state index contributed by atoms with van der Waals surface area (Å²) in [7, 11) is 0.